The maximum Gasteiger partial charge on any atom is 0.243 e. The van der Waals surface area contributed by atoms with Crippen molar-refractivity contribution in [2.24, 2.45) is 0 Å². The molecule has 0 spiro atoms. The summed E-state index contributed by atoms with van der Waals surface area (Å²) in [5, 5.41) is 2.36. The van der Waals surface area contributed by atoms with Crippen LogP contribution < -0.4 is 15.8 Å². The normalized spacial score (nSPS) is 13.1. The number of halogens is 1. The van der Waals surface area contributed by atoms with E-state index < -0.39 is 22.0 Å². The first kappa shape index (κ1) is 14.9. The van der Waals surface area contributed by atoms with Gasteiger partial charge in [0.2, 0.25) is 15.9 Å². The van der Waals surface area contributed by atoms with Gasteiger partial charge in [0.1, 0.15) is 4.90 Å². The molecule has 18 heavy (non-hydrogen) atoms. The van der Waals surface area contributed by atoms with Crippen LogP contribution in [0.25, 0.3) is 0 Å². The van der Waals surface area contributed by atoms with Crippen LogP contribution in [-0.4, -0.2) is 27.4 Å². The fourth-order valence-electron chi connectivity index (χ4n) is 1.33. The van der Waals surface area contributed by atoms with Crippen LogP contribution in [0.4, 0.5) is 5.69 Å². The smallest absolute Gasteiger partial charge is 0.243 e. The molecule has 6 nitrogen and oxygen atoms in total. The second kappa shape index (κ2) is 5.68. The predicted molar refractivity (Wildman–Crippen MR) is 72.4 cm³/mol. The highest BCUT2D eigenvalue weighted by atomic mass is 79.9. The molecule has 0 aromatic heterocycles. The lowest BCUT2D eigenvalue weighted by Gasteiger charge is -2.14. The van der Waals surface area contributed by atoms with Crippen LogP contribution >= 0.6 is 15.9 Å². The van der Waals surface area contributed by atoms with Crippen LogP contribution in [-0.2, 0) is 14.8 Å². The van der Waals surface area contributed by atoms with Gasteiger partial charge in [0.15, 0.2) is 0 Å². The number of sulfonamides is 1. The molecule has 1 aromatic rings. The summed E-state index contributed by atoms with van der Waals surface area (Å²) in [6.45, 7) is 1.45. The number of carbonyl (C=O) groups excluding carboxylic acids is 1. The van der Waals surface area contributed by atoms with Crippen LogP contribution in [0.15, 0.2) is 27.6 Å². The monoisotopic (exact) mass is 335 g/mol. The van der Waals surface area contributed by atoms with E-state index in [0.29, 0.717) is 4.47 Å². The van der Waals surface area contributed by atoms with Gasteiger partial charge in [-0.3, -0.25) is 4.79 Å². The molecule has 0 radical (unpaired) electrons. The van der Waals surface area contributed by atoms with Gasteiger partial charge in [-0.15, -0.1) is 0 Å². The summed E-state index contributed by atoms with van der Waals surface area (Å²) in [4.78, 5) is 11.2. The van der Waals surface area contributed by atoms with Crippen molar-refractivity contribution in [3.05, 3.63) is 22.7 Å². The van der Waals surface area contributed by atoms with E-state index >= 15 is 0 Å². The molecule has 0 aliphatic heterocycles. The minimum Gasteiger partial charge on any atom is -0.398 e. The molecule has 8 heteroatoms. The molecule has 0 fully saturated rings. The number of amides is 1. The second-order valence-corrected chi connectivity index (χ2v) is 6.24. The van der Waals surface area contributed by atoms with Gasteiger partial charge in [0.05, 0.1) is 11.7 Å². The van der Waals surface area contributed by atoms with E-state index in [1.165, 1.54) is 26.1 Å². The Morgan fingerprint density at radius 2 is 2.06 bits per heavy atom. The molecule has 1 unspecified atom stereocenters. The van der Waals surface area contributed by atoms with E-state index in [9.17, 15) is 13.2 Å². The molecule has 1 aromatic carbocycles. The molecule has 0 saturated heterocycles. The maximum absolute atomic E-state index is 12.0. The lowest BCUT2D eigenvalue weighted by Crippen LogP contribution is -2.43. The van der Waals surface area contributed by atoms with Gasteiger partial charge in [-0.25, -0.2) is 8.42 Å². The maximum atomic E-state index is 12.0. The third kappa shape index (κ3) is 3.44. The van der Waals surface area contributed by atoms with Crippen molar-refractivity contribution < 1.29 is 13.2 Å². The fourth-order valence-corrected chi connectivity index (χ4v) is 3.02. The molecule has 100 valence electrons. The standard InChI is InChI=1S/C10H14BrN3O3S/c1-6(10(15)13-2)14-18(16,17)9-4-3-7(11)5-8(9)12/h3-6,14H,12H2,1-2H3,(H,13,15). The number of anilines is 1. The molecular weight excluding hydrogens is 322 g/mol. The Bertz CT molecular complexity index is 559. The second-order valence-electron chi connectivity index (χ2n) is 3.64. The topological polar surface area (TPSA) is 101 Å². The predicted octanol–water partition coefficient (Wildman–Crippen LogP) is 0.444. The van der Waals surface area contributed by atoms with Crippen molar-refractivity contribution in [2.45, 2.75) is 17.9 Å². The highest BCUT2D eigenvalue weighted by Crippen LogP contribution is 2.22. The molecule has 1 atom stereocenters. The Morgan fingerprint density at radius 1 is 1.44 bits per heavy atom. The zero-order chi connectivity index (χ0) is 13.9. The number of nitrogens with one attached hydrogen (secondary N) is 2. The fraction of sp³-hybridized carbons (Fsp3) is 0.300. The van der Waals surface area contributed by atoms with E-state index in [1.54, 1.807) is 6.07 Å². The van der Waals surface area contributed by atoms with Crippen LogP contribution in [0.3, 0.4) is 0 Å². The minimum atomic E-state index is -3.82. The number of carbonyl (C=O) groups is 1. The number of rotatable bonds is 4. The largest absolute Gasteiger partial charge is 0.398 e. The zero-order valence-corrected chi connectivity index (χ0v) is 12.3. The highest BCUT2D eigenvalue weighted by Gasteiger charge is 2.23. The average molecular weight is 336 g/mol. The van der Waals surface area contributed by atoms with Crippen LogP contribution in [0.2, 0.25) is 0 Å². The summed E-state index contributed by atoms with van der Waals surface area (Å²) in [5.41, 5.74) is 5.75. The first-order valence-corrected chi connectivity index (χ1v) is 7.34. The zero-order valence-electron chi connectivity index (χ0n) is 9.90. The Morgan fingerprint density at radius 3 is 2.56 bits per heavy atom. The van der Waals surface area contributed by atoms with Crippen molar-refractivity contribution in [3.63, 3.8) is 0 Å². The lowest BCUT2D eigenvalue weighted by atomic mass is 10.3. The van der Waals surface area contributed by atoms with E-state index in [2.05, 4.69) is 26.0 Å². The SMILES string of the molecule is CNC(=O)C(C)NS(=O)(=O)c1ccc(Br)cc1N. The summed E-state index contributed by atoms with van der Waals surface area (Å²) in [5.74, 6) is -0.422. The van der Waals surface area contributed by atoms with Gasteiger partial charge in [-0.1, -0.05) is 15.9 Å². The molecule has 4 N–H and O–H groups in total. The lowest BCUT2D eigenvalue weighted by molar-refractivity contribution is -0.121. The number of hydrogen-bond donors (Lipinski definition) is 3. The van der Waals surface area contributed by atoms with Gasteiger partial charge >= 0.3 is 0 Å². The van der Waals surface area contributed by atoms with E-state index in [0.717, 1.165) is 0 Å². The third-order valence-corrected chi connectivity index (χ3v) is 4.34. The summed E-state index contributed by atoms with van der Waals surface area (Å²) in [7, 11) is -2.39. The highest BCUT2D eigenvalue weighted by molar-refractivity contribution is 9.10. The van der Waals surface area contributed by atoms with Crippen LogP contribution in [0.1, 0.15) is 6.92 Å². The Hall–Kier alpha value is -1.12. The summed E-state index contributed by atoms with van der Waals surface area (Å²) < 4.78 is 26.9. The quantitative estimate of drug-likeness (QED) is 0.695. The van der Waals surface area contributed by atoms with Crippen molar-refractivity contribution in [2.75, 3.05) is 12.8 Å². The number of likely N-dealkylation sites (N-methyl/N-ethyl adjacent to an activating group) is 1. The van der Waals surface area contributed by atoms with Crippen LogP contribution in [0.5, 0.6) is 0 Å². The van der Waals surface area contributed by atoms with E-state index in [-0.39, 0.29) is 10.6 Å². The number of nitrogen functional groups attached to an aromatic ring is 1. The molecule has 0 bridgehead atoms. The summed E-state index contributed by atoms with van der Waals surface area (Å²) in [6, 6.07) is 3.55. The van der Waals surface area contributed by atoms with Crippen molar-refractivity contribution in [1.29, 1.82) is 0 Å². The number of benzene rings is 1. The first-order valence-electron chi connectivity index (χ1n) is 5.07. The molecule has 1 amide bonds. The van der Waals surface area contributed by atoms with Gasteiger partial charge in [0, 0.05) is 11.5 Å². The molecule has 0 aliphatic rings. The average Bonchev–Trinajstić information content (AvgIpc) is 2.26. The van der Waals surface area contributed by atoms with Gasteiger partial charge < -0.3 is 11.1 Å². The number of nitrogens with two attached hydrogens (primary N) is 1. The molecular formula is C10H14BrN3O3S. The Labute approximate surface area is 114 Å². The van der Waals surface area contributed by atoms with Crippen molar-refractivity contribution >= 4 is 37.5 Å². The van der Waals surface area contributed by atoms with Crippen molar-refractivity contribution in [1.82, 2.24) is 10.0 Å². The summed E-state index contributed by atoms with van der Waals surface area (Å²) >= 11 is 3.19. The van der Waals surface area contributed by atoms with Gasteiger partial charge in [-0.05, 0) is 25.1 Å². The number of hydrogen-bond acceptors (Lipinski definition) is 4. The first-order chi connectivity index (χ1) is 8.27. The van der Waals surface area contributed by atoms with Crippen LogP contribution in [0, 0.1) is 0 Å². The Kier molecular flexibility index (Phi) is 4.71. The molecule has 1 rings (SSSR count). The molecule has 0 saturated carbocycles. The molecule has 0 heterocycles. The van der Waals surface area contributed by atoms with Gasteiger partial charge in [-0.2, -0.15) is 4.72 Å². The van der Waals surface area contributed by atoms with Gasteiger partial charge in [0.25, 0.3) is 0 Å². The van der Waals surface area contributed by atoms with Crippen molar-refractivity contribution in [3.8, 4) is 0 Å². The summed E-state index contributed by atoms with van der Waals surface area (Å²) in [6.07, 6.45) is 0. The molecule has 0 aliphatic carbocycles. The minimum absolute atomic E-state index is 0.0542. The van der Waals surface area contributed by atoms with E-state index in [4.69, 9.17) is 5.73 Å². The third-order valence-electron chi connectivity index (χ3n) is 2.23. The van der Waals surface area contributed by atoms with E-state index in [1.807, 2.05) is 0 Å². The Balaban J connectivity index is 3.04.